The van der Waals surface area contributed by atoms with Crippen molar-refractivity contribution in [1.82, 2.24) is 0 Å². The maximum absolute atomic E-state index is 10.6. The normalized spacial score (nSPS) is 15.1. The smallest absolute Gasteiger partial charge is 0.796 e. The van der Waals surface area contributed by atoms with E-state index in [-0.39, 0.29) is 34.2 Å². The van der Waals surface area contributed by atoms with Crippen LogP contribution in [0, 0.1) is 0 Å². The summed E-state index contributed by atoms with van der Waals surface area (Å²) in [6, 6.07) is 0. The molecule has 0 N–H and O–H groups in total. The second-order valence-corrected chi connectivity index (χ2v) is 5.57. The first-order chi connectivity index (χ1) is 3.98. The van der Waals surface area contributed by atoms with E-state index in [1.165, 1.54) is 18.4 Å². The molecule has 2 nitrogen and oxygen atoms in total. The van der Waals surface area contributed by atoms with Gasteiger partial charge in [-0.25, -0.2) is 0 Å². The third kappa shape index (κ3) is 6.02. The minimum atomic E-state index is -3.25. The van der Waals surface area contributed by atoms with Crippen LogP contribution in [0.5, 0.6) is 0 Å². The Kier molecular flexibility index (Phi) is 8.13. The summed E-state index contributed by atoms with van der Waals surface area (Å²) in [6.45, 7) is 6.49. The summed E-state index contributed by atoms with van der Waals surface area (Å²) in [6.07, 6.45) is 0. The van der Waals surface area contributed by atoms with Crippen LogP contribution in [-0.4, -0.2) is 12.4 Å². The zero-order chi connectivity index (χ0) is 7.49. The summed E-state index contributed by atoms with van der Waals surface area (Å²) in [7, 11) is -3.25. The molecular weight excluding hydrogens is 178 g/mol. The van der Waals surface area contributed by atoms with Crippen LogP contribution in [0.15, 0.2) is 11.2 Å². The Balaban J connectivity index is 0. The molecule has 0 rings (SSSR count). The minimum absolute atomic E-state index is 0. The van der Waals surface area contributed by atoms with E-state index in [0.29, 0.717) is 0 Å². The van der Waals surface area contributed by atoms with Crippen molar-refractivity contribution in [2.75, 3.05) is 12.4 Å². The molecule has 5 heteroatoms. The van der Waals surface area contributed by atoms with Gasteiger partial charge in [-0.2, -0.15) is 0 Å². The van der Waals surface area contributed by atoms with E-state index < -0.39 is 7.37 Å². The van der Waals surface area contributed by atoms with Crippen molar-refractivity contribution in [2.45, 2.75) is 6.92 Å². The molecule has 0 saturated heterocycles. The predicted octanol–water partition coefficient (Wildman–Crippen LogP) is -1.52. The van der Waals surface area contributed by atoms with Crippen molar-refractivity contribution < 1.29 is 39.0 Å². The first-order valence-corrected chi connectivity index (χ1v) is 5.65. The van der Waals surface area contributed by atoms with Crippen LogP contribution in [0.2, 0.25) is 0 Å². The molecule has 0 spiro atoms. The molecular formula is C5H10NaO2PS. The average Bonchev–Trinajstić information content (AvgIpc) is 1.64. The van der Waals surface area contributed by atoms with Crippen LogP contribution in [0.1, 0.15) is 6.92 Å². The number of hydrogen-bond acceptors (Lipinski definition) is 3. The van der Waals surface area contributed by atoms with E-state index >= 15 is 0 Å². The Morgan fingerprint density at radius 2 is 2.20 bits per heavy atom. The van der Waals surface area contributed by atoms with Crippen molar-refractivity contribution in [2.24, 2.45) is 0 Å². The van der Waals surface area contributed by atoms with Gasteiger partial charge in [0.1, 0.15) is 0 Å². The molecule has 0 bridgehead atoms. The Morgan fingerprint density at radius 3 is 2.30 bits per heavy atom. The fourth-order valence-electron chi connectivity index (χ4n) is 0.284. The van der Waals surface area contributed by atoms with E-state index in [1.807, 2.05) is 6.92 Å². The molecule has 0 aliphatic rings. The van der Waals surface area contributed by atoms with Gasteiger partial charge in [0, 0.05) is 12.0 Å². The third-order valence-electron chi connectivity index (χ3n) is 0.764. The molecule has 0 radical (unpaired) electrons. The molecule has 0 amide bonds. The molecule has 0 aromatic carbocycles. The maximum atomic E-state index is 10.6. The predicted molar refractivity (Wildman–Crippen MR) is 40.8 cm³/mol. The quantitative estimate of drug-likeness (QED) is 0.399. The molecule has 54 valence electrons. The SMILES string of the molecule is C=C(SCC)P(C)(=O)[O-].[Na+]. The molecule has 0 saturated carbocycles. The summed E-state index contributed by atoms with van der Waals surface area (Å²) in [5, 5.41) is 0. The van der Waals surface area contributed by atoms with Gasteiger partial charge in [-0.05, 0) is 12.4 Å². The summed E-state index contributed by atoms with van der Waals surface area (Å²) in [5.41, 5.74) is 0. The van der Waals surface area contributed by atoms with Gasteiger partial charge in [-0.15, -0.1) is 11.8 Å². The van der Waals surface area contributed by atoms with Crippen molar-refractivity contribution in [1.29, 1.82) is 0 Å². The molecule has 0 aliphatic heterocycles. The van der Waals surface area contributed by atoms with Crippen molar-refractivity contribution in [3.05, 3.63) is 11.2 Å². The Hall–Kier alpha value is 1.28. The second-order valence-electron chi connectivity index (χ2n) is 1.67. The molecule has 0 heterocycles. The van der Waals surface area contributed by atoms with Crippen molar-refractivity contribution >= 4 is 19.1 Å². The molecule has 1 unspecified atom stereocenters. The van der Waals surface area contributed by atoms with Crippen LogP contribution in [0.3, 0.4) is 0 Å². The van der Waals surface area contributed by atoms with Crippen LogP contribution < -0.4 is 34.5 Å². The Bertz CT molecular complexity index is 154. The summed E-state index contributed by atoms with van der Waals surface area (Å²) >= 11 is 1.27. The van der Waals surface area contributed by atoms with Crippen molar-refractivity contribution in [3.63, 3.8) is 0 Å². The number of thioether (sulfide) groups is 1. The standard InChI is InChI=1S/C5H11O2PS.Na/c1-4-9-5(2)8(3,6)7;/h2,4H2,1,3H3,(H,6,7);/q;+1/p-1. The van der Waals surface area contributed by atoms with Gasteiger partial charge in [0.2, 0.25) is 0 Å². The van der Waals surface area contributed by atoms with Crippen LogP contribution in [0.25, 0.3) is 0 Å². The number of hydrogen-bond donors (Lipinski definition) is 0. The van der Waals surface area contributed by atoms with Gasteiger partial charge < -0.3 is 9.46 Å². The van der Waals surface area contributed by atoms with E-state index in [9.17, 15) is 9.46 Å². The molecule has 0 aromatic heterocycles. The maximum Gasteiger partial charge on any atom is 1.00 e. The Labute approximate surface area is 88.2 Å². The van der Waals surface area contributed by atoms with Crippen LogP contribution in [-0.2, 0) is 4.57 Å². The fourth-order valence-corrected chi connectivity index (χ4v) is 1.94. The first kappa shape index (κ1) is 13.8. The minimum Gasteiger partial charge on any atom is -0.796 e. The monoisotopic (exact) mass is 188 g/mol. The number of rotatable bonds is 3. The van der Waals surface area contributed by atoms with Gasteiger partial charge >= 0.3 is 29.6 Å². The van der Waals surface area contributed by atoms with Gasteiger partial charge in [0.15, 0.2) is 0 Å². The van der Waals surface area contributed by atoms with E-state index in [0.717, 1.165) is 5.75 Å². The first-order valence-electron chi connectivity index (χ1n) is 2.59. The average molecular weight is 188 g/mol. The second kappa shape index (κ2) is 5.87. The summed E-state index contributed by atoms with van der Waals surface area (Å²) in [4.78, 5) is 10.6. The van der Waals surface area contributed by atoms with E-state index in [1.54, 1.807) is 0 Å². The molecule has 0 aromatic rings. The zero-order valence-corrected chi connectivity index (χ0v) is 10.3. The molecule has 0 fully saturated rings. The molecule has 0 aliphatic carbocycles. The van der Waals surface area contributed by atoms with Crippen LogP contribution in [0.4, 0.5) is 0 Å². The molecule has 10 heavy (non-hydrogen) atoms. The van der Waals surface area contributed by atoms with Crippen LogP contribution >= 0.6 is 19.1 Å². The Morgan fingerprint density at radius 1 is 1.80 bits per heavy atom. The topological polar surface area (TPSA) is 40.1 Å². The van der Waals surface area contributed by atoms with Gasteiger partial charge in [0.25, 0.3) is 0 Å². The third-order valence-corrected chi connectivity index (χ3v) is 3.67. The van der Waals surface area contributed by atoms with Gasteiger partial charge in [0.05, 0.1) is 0 Å². The fraction of sp³-hybridized carbons (Fsp3) is 0.600. The zero-order valence-electron chi connectivity index (χ0n) is 6.59. The molecule has 1 atom stereocenters. The van der Waals surface area contributed by atoms with E-state index in [4.69, 9.17) is 0 Å². The van der Waals surface area contributed by atoms with E-state index in [2.05, 4.69) is 6.58 Å². The summed E-state index contributed by atoms with van der Waals surface area (Å²) < 4.78 is 10.9. The van der Waals surface area contributed by atoms with Gasteiger partial charge in [-0.3, -0.25) is 0 Å². The van der Waals surface area contributed by atoms with Gasteiger partial charge in [-0.1, -0.05) is 13.5 Å². The van der Waals surface area contributed by atoms with Crippen molar-refractivity contribution in [3.8, 4) is 0 Å². The largest absolute Gasteiger partial charge is 1.00 e. The summed E-state index contributed by atoms with van der Waals surface area (Å²) in [5.74, 6) is 0.763.